The van der Waals surface area contributed by atoms with Gasteiger partial charge in [0.05, 0.1) is 0 Å². The van der Waals surface area contributed by atoms with E-state index < -0.39 is 47.3 Å². The first-order valence-electron chi connectivity index (χ1n) is 9.29. The number of hydrogen-bond donors (Lipinski definition) is 1. The van der Waals surface area contributed by atoms with Crippen LogP contribution in [0.4, 0.5) is 0 Å². The Kier molecular flexibility index (Phi) is 8.83. The second-order valence-electron chi connectivity index (χ2n) is 6.65. The number of rotatable bonds is 7. The second-order valence-corrected chi connectivity index (χ2v) is 9.11. The molecule has 0 saturated carbocycles. The van der Waals surface area contributed by atoms with Gasteiger partial charge >= 0.3 is 181 Å². The molecule has 30 heavy (non-hydrogen) atoms. The van der Waals surface area contributed by atoms with Gasteiger partial charge in [0.1, 0.15) is 0 Å². The van der Waals surface area contributed by atoms with E-state index in [1.54, 1.807) is 0 Å². The Morgan fingerprint density at radius 2 is 1.53 bits per heavy atom. The Balaban J connectivity index is 2.42. The van der Waals surface area contributed by atoms with Crippen LogP contribution in [0, 0.1) is 0 Å². The van der Waals surface area contributed by atoms with Crippen molar-refractivity contribution in [3.8, 4) is 0 Å². The number of benzene rings is 1. The Bertz CT molecular complexity index is 771. The molecule has 1 heterocycles. The van der Waals surface area contributed by atoms with Gasteiger partial charge in [0.15, 0.2) is 0 Å². The van der Waals surface area contributed by atoms with E-state index in [0.29, 0.717) is 0 Å². The van der Waals surface area contributed by atoms with Crippen LogP contribution < -0.4 is 9.78 Å². The third-order valence-corrected chi connectivity index (χ3v) is 6.54. The number of ether oxygens (including phenoxy) is 4. The van der Waals surface area contributed by atoms with E-state index in [-0.39, 0.29) is 27.5 Å². The van der Waals surface area contributed by atoms with Crippen molar-refractivity contribution in [2.45, 2.75) is 57.1 Å². The molecule has 164 valence electrons. The molecule has 1 N–H and O–H groups in total. The number of nitrogens with one attached hydrogen (secondary N) is 1. The summed E-state index contributed by atoms with van der Waals surface area (Å²) in [6.45, 7) is 4.83. The van der Waals surface area contributed by atoms with E-state index >= 15 is 0 Å². The fourth-order valence-corrected chi connectivity index (χ4v) is 5.44. The molecule has 0 spiro atoms. The van der Waals surface area contributed by atoms with Crippen LogP contribution in [0.1, 0.15) is 27.7 Å². The zero-order chi connectivity index (χ0) is 22.3. The molecule has 1 saturated heterocycles. The predicted molar refractivity (Wildman–Crippen MR) is 106 cm³/mol. The number of carbonyl (C=O) groups is 4. The zero-order valence-corrected chi connectivity index (χ0v) is 18.9. The Morgan fingerprint density at radius 3 is 2.07 bits per heavy atom. The van der Waals surface area contributed by atoms with Crippen molar-refractivity contribution in [3.63, 3.8) is 0 Å². The summed E-state index contributed by atoms with van der Waals surface area (Å²) >= 11 is -0.303. The molecule has 10 heteroatoms. The molecule has 9 nitrogen and oxygen atoms in total. The van der Waals surface area contributed by atoms with Gasteiger partial charge in [-0.15, -0.1) is 0 Å². The van der Waals surface area contributed by atoms with Gasteiger partial charge in [-0.2, -0.15) is 0 Å². The van der Waals surface area contributed by atoms with Crippen molar-refractivity contribution < 1.29 is 38.1 Å². The van der Waals surface area contributed by atoms with E-state index in [1.165, 1.54) is 27.7 Å². The summed E-state index contributed by atoms with van der Waals surface area (Å²) in [4.78, 5) is 46.8. The monoisotopic (exact) mass is 487 g/mol. The fourth-order valence-electron chi connectivity index (χ4n) is 3.02. The van der Waals surface area contributed by atoms with Crippen molar-refractivity contribution in [2.24, 2.45) is 0 Å². The van der Waals surface area contributed by atoms with Crippen LogP contribution in [0.5, 0.6) is 0 Å². The molecule has 1 fully saturated rings. The van der Waals surface area contributed by atoms with E-state index in [4.69, 9.17) is 18.9 Å². The summed E-state index contributed by atoms with van der Waals surface area (Å²) in [5, 5.41) is 2.20. The number of carbonyl (C=O) groups excluding carboxylic acids is 4. The van der Waals surface area contributed by atoms with Crippen molar-refractivity contribution >= 4 is 43.2 Å². The van der Waals surface area contributed by atoms with Gasteiger partial charge in [0.2, 0.25) is 0 Å². The van der Waals surface area contributed by atoms with Crippen LogP contribution in [0.15, 0.2) is 30.3 Å². The molecule has 1 aromatic carbocycles. The van der Waals surface area contributed by atoms with Crippen molar-refractivity contribution in [2.75, 3.05) is 6.61 Å². The second kappa shape index (κ2) is 11.1. The summed E-state index contributed by atoms with van der Waals surface area (Å²) in [6.07, 6.45) is -2.95. The average Bonchev–Trinajstić information content (AvgIpc) is 2.64. The molecule has 2 rings (SSSR count). The summed E-state index contributed by atoms with van der Waals surface area (Å²) in [5.41, 5.74) is 0. The summed E-state index contributed by atoms with van der Waals surface area (Å²) in [6, 6.07) is 8.74. The van der Waals surface area contributed by atoms with Gasteiger partial charge in [-0.1, -0.05) is 0 Å². The zero-order valence-electron chi connectivity index (χ0n) is 17.2. The van der Waals surface area contributed by atoms with Gasteiger partial charge in [-0.3, -0.25) is 0 Å². The van der Waals surface area contributed by atoms with Crippen LogP contribution in [-0.2, 0) is 38.1 Å². The molecule has 0 aliphatic carbocycles. The van der Waals surface area contributed by atoms with Gasteiger partial charge in [0.25, 0.3) is 0 Å². The van der Waals surface area contributed by atoms with Gasteiger partial charge in [0, 0.05) is 0 Å². The van der Waals surface area contributed by atoms with Crippen LogP contribution in [0.3, 0.4) is 0 Å². The van der Waals surface area contributed by atoms with Gasteiger partial charge in [-0.25, -0.2) is 0 Å². The Hall–Kier alpha value is -2.42. The molecule has 0 aromatic heterocycles. The maximum absolute atomic E-state index is 11.9. The molecule has 1 aliphatic rings. The van der Waals surface area contributed by atoms with Crippen LogP contribution in [-0.4, -0.2) is 74.7 Å². The van der Waals surface area contributed by atoms with Gasteiger partial charge in [-0.05, 0) is 0 Å². The molecule has 0 unspecified atom stereocenters. The van der Waals surface area contributed by atoms with Gasteiger partial charge < -0.3 is 0 Å². The van der Waals surface area contributed by atoms with E-state index in [9.17, 15) is 19.2 Å². The van der Waals surface area contributed by atoms with Crippen molar-refractivity contribution in [1.29, 1.82) is 0 Å². The number of hydrogen-bond acceptors (Lipinski definition) is 8. The summed E-state index contributed by atoms with van der Waals surface area (Å²) in [7, 11) is 0. The molecule has 0 radical (unpaired) electrons. The number of esters is 3. The summed E-state index contributed by atoms with van der Waals surface area (Å²) < 4.78 is 23.1. The minimum atomic E-state index is -1.06. The SMILES string of the molecule is CC(=O)N[C@H]1[C@@H](OC(C)=O)[C@H](OC(C)=O)[C@@H](COC(C)=O)O[C@@H]1[Se]c1ccccc1. The van der Waals surface area contributed by atoms with Crippen molar-refractivity contribution in [1.82, 2.24) is 5.32 Å². The van der Waals surface area contributed by atoms with Crippen LogP contribution >= 0.6 is 0 Å². The third kappa shape index (κ3) is 7.12. The normalized spacial score (nSPS) is 25.7. The first-order valence-corrected chi connectivity index (χ1v) is 11.1. The summed E-state index contributed by atoms with van der Waals surface area (Å²) in [5.74, 6) is -2.11. The quantitative estimate of drug-likeness (QED) is 0.317. The van der Waals surface area contributed by atoms with E-state index in [2.05, 4.69) is 5.32 Å². The number of amides is 1. The molecular weight excluding hydrogens is 461 g/mol. The molecular formula is C20H25NO8Se. The van der Waals surface area contributed by atoms with Crippen LogP contribution in [0.2, 0.25) is 0 Å². The third-order valence-electron chi connectivity index (χ3n) is 4.07. The molecule has 0 bridgehead atoms. The Labute approximate surface area is 180 Å². The first kappa shape index (κ1) is 23.9. The van der Waals surface area contributed by atoms with E-state index in [1.807, 2.05) is 30.3 Å². The Morgan fingerprint density at radius 1 is 0.933 bits per heavy atom. The van der Waals surface area contributed by atoms with Crippen LogP contribution in [0.25, 0.3) is 0 Å². The molecule has 1 amide bonds. The van der Waals surface area contributed by atoms with Crippen molar-refractivity contribution in [3.05, 3.63) is 30.3 Å². The van der Waals surface area contributed by atoms with E-state index in [0.717, 1.165) is 4.46 Å². The first-order chi connectivity index (χ1) is 14.2. The standard InChI is InChI=1S/C20H25NO8Se/c1-11(22)21-17-19(28-14(4)25)18(27-13(3)24)16(10-26-12(2)23)29-20(17)30-15-8-6-5-7-9-15/h5-9,16-20H,10H2,1-4H3,(H,21,22)/t16-,17+,18-,19-,20-/m1/s1. The fraction of sp³-hybridized carbons (Fsp3) is 0.500. The molecule has 1 aliphatic heterocycles. The topological polar surface area (TPSA) is 117 Å². The predicted octanol–water partition coefficient (Wildman–Crippen LogP) is -0.328. The molecule has 1 aromatic rings. The minimum absolute atomic E-state index is 0.195. The average molecular weight is 486 g/mol. The molecule has 5 atom stereocenters. The maximum atomic E-state index is 11.9.